The molecule has 0 bridgehead atoms. The van der Waals surface area contributed by atoms with Gasteiger partial charge in [0.1, 0.15) is 12.3 Å². The van der Waals surface area contributed by atoms with E-state index in [1.54, 1.807) is 9.36 Å². The summed E-state index contributed by atoms with van der Waals surface area (Å²) in [5, 5.41) is 9.16. The molecule has 1 fully saturated rings. The molecule has 184 valence electrons. The SMILES string of the molecule is CCCc1cccc(-c2cnn(-c3nc4c(c(N5CCOCC5)n3)OCC(c3ccn(C)n3)=C4)c2)c1. The van der Waals surface area contributed by atoms with Crippen LogP contribution in [0.1, 0.15) is 30.3 Å². The molecule has 36 heavy (non-hydrogen) atoms. The predicted molar refractivity (Wildman–Crippen MR) is 138 cm³/mol. The number of anilines is 1. The molecular weight excluding hydrogens is 454 g/mol. The number of aromatic nitrogens is 6. The van der Waals surface area contributed by atoms with Crippen LogP contribution < -0.4 is 9.64 Å². The van der Waals surface area contributed by atoms with Crippen molar-refractivity contribution in [3.8, 4) is 22.8 Å². The lowest BCUT2D eigenvalue weighted by atomic mass is 10.0. The Morgan fingerprint density at radius 1 is 1.06 bits per heavy atom. The van der Waals surface area contributed by atoms with Crippen LogP contribution >= 0.6 is 0 Å². The maximum atomic E-state index is 6.23. The van der Waals surface area contributed by atoms with Crippen molar-refractivity contribution in [1.82, 2.24) is 29.5 Å². The lowest BCUT2D eigenvalue weighted by molar-refractivity contribution is 0.122. The van der Waals surface area contributed by atoms with E-state index in [-0.39, 0.29) is 0 Å². The van der Waals surface area contributed by atoms with Gasteiger partial charge < -0.3 is 14.4 Å². The molecule has 0 saturated carbocycles. The van der Waals surface area contributed by atoms with Crippen LogP contribution in [-0.4, -0.2) is 62.4 Å². The third kappa shape index (κ3) is 4.37. The van der Waals surface area contributed by atoms with E-state index in [0.29, 0.717) is 31.5 Å². The minimum Gasteiger partial charge on any atom is -0.483 e. The molecule has 0 amide bonds. The maximum absolute atomic E-state index is 6.23. The van der Waals surface area contributed by atoms with Gasteiger partial charge in [0.25, 0.3) is 5.95 Å². The Bertz CT molecular complexity index is 1420. The number of morpholine rings is 1. The first-order valence-corrected chi connectivity index (χ1v) is 12.4. The van der Waals surface area contributed by atoms with Gasteiger partial charge >= 0.3 is 0 Å². The number of rotatable bonds is 6. The summed E-state index contributed by atoms with van der Waals surface area (Å²) in [5.74, 6) is 1.98. The normalized spacial score (nSPS) is 15.4. The van der Waals surface area contributed by atoms with Crippen LogP contribution in [0.4, 0.5) is 5.82 Å². The molecule has 1 saturated heterocycles. The monoisotopic (exact) mass is 483 g/mol. The number of ether oxygens (including phenoxy) is 2. The van der Waals surface area contributed by atoms with Crippen molar-refractivity contribution >= 4 is 17.5 Å². The van der Waals surface area contributed by atoms with Gasteiger partial charge in [-0.1, -0.05) is 37.6 Å². The fourth-order valence-electron chi connectivity index (χ4n) is 4.64. The second-order valence-electron chi connectivity index (χ2n) is 9.12. The van der Waals surface area contributed by atoms with Crippen LogP contribution in [0, 0.1) is 0 Å². The van der Waals surface area contributed by atoms with Crippen LogP contribution in [0.2, 0.25) is 0 Å². The lowest BCUT2D eigenvalue weighted by Gasteiger charge is -2.30. The molecule has 0 spiro atoms. The number of benzene rings is 1. The average Bonchev–Trinajstić information content (AvgIpc) is 3.58. The van der Waals surface area contributed by atoms with E-state index in [1.165, 1.54) is 5.56 Å². The van der Waals surface area contributed by atoms with Crippen molar-refractivity contribution in [2.45, 2.75) is 19.8 Å². The highest BCUT2D eigenvalue weighted by molar-refractivity contribution is 5.85. The number of fused-ring (bicyclic) bond motifs is 1. The van der Waals surface area contributed by atoms with E-state index in [2.05, 4.69) is 52.4 Å². The summed E-state index contributed by atoms with van der Waals surface area (Å²) in [6, 6.07) is 10.6. The minimum atomic E-state index is 0.421. The third-order valence-corrected chi connectivity index (χ3v) is 6.48. The van der Waals surface area contributed by atoms with Crippen molar-refractivity contribution < 1.29 is 9.47 Å². The smallest absolute Gasteiger partial charge is 0.253 e. The van der Waals surface area contributed by atoms with Gasteiger partial charge in [-0.05, 0) is 29.7 Å². The molecule has 9 heteroatoms. The summed E-state index contributed by atoms with van der Waals surface area (Å²) in [7, 11) is 1.91. The quantitative estimate of drug-likeness (QED) is 0.413. The molecule has 0 aliphatic carbocycles. The van der Waals surface area contributed by atoms with E-state index in [1.807, 2.05) is 31.7 Å². The van der Waals surface area contributed by atoms with E-state index in [0.717, 1.165) is 59.8 Å². The lowest BCUT2D eigenvalue weighted by Crippen LogP contribution is -2.37. The van der Waals surface area contributed by atoms with Gasteiger partial charge in [-0.3, -0.25) is 4.68 Å². The van der Waals surface area contributed by atoms with Crippen LogP contribution in [0.25, 0.3) is 28.7 Å². The molecule has 0 atom stereocenters. The summed E-state index contributed by atoms with van der Waals surface area (Å²) in [5.41, 5.74) is 6.09. The zero-order chi connectivity index (χ0) is 24.5. The van der Waals surface area contributed by atoms with E-state index < -0.39 is 0 Å². The van der Waals surface area contributed by atoms with Gasteiger partial charge in [0, 0.05) is 43.7 Å². The Kier molecular flexibility index (Phi) is 5.98. The molecule has 9 nitrogen and oxygen atoms in total. The van der Waals surface area contributed by atoms with E-state index >= 15 is 0 Å². The van der Waals surface area contributed by atoms with E-state index in [4.69, 9.17) is 19.4 Å². The van der Waals surface area contributed by atoms with Crippen LogP contribution in [0.15, 0.2) is 48.9 Å². The highest BCUT2D eigenvalue weighted by Gasteiger charge is 2.26. The highest BCUT2D eigenvalue weighted by atomic mass is 16.5. The van der Waals surface area contributed by atoms with Gasteiger partial charge in [0.05, 0.1) is 25.1 Å². The summed E-state index contributed by atoms with van der Waals surface area (Å²) >= 11 is 0. The molecule has 1 aromatic carbocycles. The first kappa shape index (κ1) is 22.5. The van der Waals surface area contributed by atoms with Gasteiger partial charge in [-0.25, -0.2) is 9.67 Å². The van der Waals surface area contributed by atoms with Crippen LogP contribution in [0.5, 0.6) is 5.75 Å². The van der Waals surface area contributed by atoms with Gasteiger partial charge in [0.2, 0.25) is 0 Å². The largest absolute Gasteiger partial charge is 0.483 e. The molecule has 2 aliphatic heterocycles. The first-order chi connectivity index (χ1) is 17.7. The first-order valence-electron chi connectivity index (χ1n) is 12.4. The third-order valence-electron chi connectivity index (χ3n) is 6.48. The molecule has 0 radical (unpaired) electrons. The summed E-state index contributed by atoms with van der Waals surface area (Å²) in [4.78, 5) is 12.0. The second-order valence-corrected chi connectivity index (χ2v) is 9.12. The fourth-order valence-corrected chi connectivity index (χ4v) is 4.64. The molecule has 5 heterocycles. The van der Waals surface area contributed by atoms with Gasteiger partial charge in [-0.15, -0.1) is 0 Å². The van der Waals surface area contributed by atoms with Crippen LogP contribution in [0.3, 0.4) is 0 Å². The molecule has 0 unspecified atom stereocenters. The second kappa shape index (κ2) is 9.58. The standard InChI is InChI=1S/C27H29N7O2/c1-3-5-19-6-4-7-20(14-19)22-16-28-34(17-22)27-29-24-15-21(23-8-9-32(2)31-23)18-36-25(24)26(30-27)33-10-12-35-13-11-33/h4,6-9,14-17H,3,5,10-13,18H2,1-2H3. The highest BCUT2D eigenvalue weighted by Crippen LogP contribution is 2.37. The molecule has 3 aromatic heterocycles. The van der Waals surface area contributed by atoms with Crippen molar-refractivity contribution in [2.24, 2.45) is 7.05 Å². The van der Waals surface area contributed by atoms with Gasteiger partial charge in [0.15, 0.2) is 11.6 Å². The van der Waals surface area contributed by atoms with Crippen LogP contribution in [-0.2, 0) is 18.2 Å². The maximum Gasteiger partial charge on any atom is 0.253 e. The Balaban J connectivity index is 1.41. The molecule has 2 aliphatic rings. The topological polar surface area (TPSA) is 83.1 Å². The summed E-state index contributed by atoms with van der Waals surface area (Å²) < 4.78 is 15.3. The van der Waals surface area contributed by atoms with Crippen molar-refractivity contribution in [2.75, 3.05) is 37.8 Å². The van der Waals surface area contributed by atoms with E-state index in [9.17, 15) is 0 Å². The molecule has 4 aromatic rings. The fraction of sp³-hybridized carbons (Fsp3) is 0.333. The Labute approximate surface area is 210 Å². The van der Waals surface area contributed by atoms with Crippen molar-refractivity contribution in [3.05, 3.63) is 65.9 Å². The van der Waals surface area contributed by atoms with Gasteiger partial charge in [-0.2, -0.15) is 15.2 Å². The van der Waals surface area contributed by atoms with Crippen molar-refractivity contribution in [3.63, 3.8) is 0 Å². The zero-order valence-corrected chi connectivity index (χ0v) is 20.6. The summed E-state index contributed by atoms with van der Waals surface area (Å²) in [6.45, 7) is 5.42. The Morgan fingerprint density at radius 3 is 2.75 bits per heavy atom. The number of hydrogen-bond donors (Lipinski definition) is 0. The number of hydrogen-bond acceptors (Lipinski definition) is 7. The molecule has 0 N–H and O–H groups in total. The minimum absolute atomic E-state index is 0.421. The molecular formula is C27H29N7O2. The molecule has 6 rings (SSSR count). The van der Waals surface area contributed by atoms with Crippen molar-refractivity contribution in [1.29, 1.82) is 0 Å². The number of aryl methyl sites for hydroxylation is 2. The average molecular weight is 484 g/mol. The summed E-state index contributed by atoms with van der Waals surface area (Å²) in [6.07, 6.45) is 10.0. The Hall–Kier alpha value is -3.98. The Morgan fingerprint density at radius 2 is 1.94 bits per heavy atom. The zero-order valence-electron chi connectivity index (χ0n) is 20.6. The number of nitrogens with zero attached hydrogens (tertiary/aromatic N) is 7. The predicted octanol–water partition coefficient (Wildman–Crippen LogP) is 3.78.